The Balaban J connectivity index is 2.03. The van der Waals surface area contributed by atoms with Gasteiger partial charge in [0, 0.05) is 10.0 Å². The lowest BCUT2D eigenvalue weighted by Crippen LogP contribution is -2.33. The normalized spacial score (nSPS) is 11.8. The van der Waals surface area contributed by atoms with Crippen molar-refractivity contribution in [2.24, 2.45) is 5.10 Å². The molecule has 0 saturated carbocycles. The molecule has 0 heterocycles. The standard InChI is InChI=1S/C16H11BrF4N2O2/c17-12-5-1-3-10(7-12)9-22-23-14(24)11-4-2-6-13(8-11)25-16(20,21)15(18)19/h1-9,15H,(H,23,24)/b22-9-. The van der Waals surface area contributed by atoms with Gasteiger partial charge in [-0.05, 0) is 35.9 Å². The van der Waals surface area contributed by atoms with Crippen LogP contribution in [-0.2, 0) is 0 Å². The van der Waals surface area contributed by atoms with Gasteiger partial charge in [-0.25, -0.2) is 5.43 Å². The summed E-state index contributed by atoms with van der Waals surface area (Å²) in [5, 5.41) is 3.74. The molecular formula is C16H11BrF4N2O2. The molecule has 0 fully saturated rings. The van der Waals surface area contributed by atoms with Crippen molar-refractivity contribution in [3.63, 3.8) is 0 Å². The number of ether oxygens (including phenoxy) is 1. The van der Waals surface area contributed by atoms with Crippen molar-refractivity contribution >= 4 is 28.1 Å². The number of hydrazone groups is 1. The molecule has 0 saturated heterocycles. The van der Waals surface area contributed by atoms with Gasteiger partial charge >= 0.3 is 12.5 Å². The van der Waals surface area contributed by atoms with Crippen molar-refractivity contribution in [1.82, 2.24) is 5.43 Å². The van der Waals surface area contributed by atoms with Crippen LogP contribution in [-0.4, -0.2) is 24.7 Å². The van der Waals surface area contributed by atoms with Crippen molar-refractivity contribution < 1.29 is 27.1 Å². The number of nitrogens with one attached hydrogen (secondary N) is 1. The number of hydrogen-bond donors (Lipinski definition) is 1. The third kappa shape index (κ3) is 5.56. The van der Waals surface area contributed by atoms with Gasteiger partial charge in [-0.15, -0.1) is 0 Å². The third-order valence-corrected chi connectivity index (χ3v) is 3.33. The van der Waals surface area contributed by atoms with Gasteiger partial charge in [0.2, 0.25) is 0 Å². The Morgan fingerprint density at radius 1 is 1.20 bits per heavy atom. The highest BCUT2D eigenvalue weighted by molar-refractivity contribution is 9.10. The summed E-state index contributed by atoms with van der Waals surface area (Å²) in [5.74, 6) is -1.27. The zero-order chi connectivity index (χ0) is 18.4. The zero-order valence-electron chi connectivity index (χ0n) is 12.4. The van der Waals surface area contributed by atoms with E-state index in [-0.39, 0.29) is 5.56 Å². The van der Waals surface area contributed by atoms with Crippen LogP contribution in [0.15, 0.2) is 58.1 Å². The summed E-state index contributed by atoms with van der Waals surface area (Å²) in [4.78, 5) is 11.9. The van der Waals surface area contributed by atoms with Gasteiger partial charge in [0.15, 0.2) is 0 Å². The fourth-order valence-corrected chi connectivity index (χ4v) is 2.14. The Morgan fingerprint density at radius 3 is 2.60 bits per heavy atom. The first-order valence-electron chi connectivity index (χ1n) is 6.82. The number of carbonyl (C=O) groups is 1. The summed E-state index contributed by atoms with van der Waals surface area (Å²) in [6.45, 7) is 0. The van der Waals surface area contributed by atoms with Crippen molar-refractivity contribution in [3.8, 4) is 5.75 Å². The predicted octanol–water partition coefficient (Wildman–Crippen LogP) is 4.45. The van der Waals surface area contributed by atoms with E-state index in [1.54, 1.807) is 18.2 Å². The smallest absolute Gasteiger partial charge is 0.428 e. The van der Waals surface area contributed by atoms with Crippen LogP contribution >= 0.6 is 15.9 Å². The zero-order valence-corrected chi connectivity index (χ0v) is 14.0. The number of hydrogen-bond acceptors (Lipinski definition) is 3. The van der Waals surface area contributed by atoms with Crippen LogP contribution in [0.3, 0.4) is 0 Å². The maximum Gasteiger partial charge on any atom is 0.461 e. The molecule has 4 nitrogen and oxygen atoms in total. The summed E-state index contributed by atoms with van der Waals surface area (Å²) >= 11 is 3.28. The minimum atomic E-state index is -4.64. The number of benzene rings is 2. The minimum absolute atomic E-state index is 0.0750. The highest BCUT2D eigenvalue weighted by Gasteiger charge is 2.44. The highest BCUT2D eigenvalue weighted by Crippen LogP contribution is 2.27. The van der Waals surface area contributed by atoms with Crippen molar-refractivity contribution in [2.45, 2.75) is 12.5 Å². The number of halogens is 5. The first-order chi connectivity index (χ1) is 11.8. The highest BCUT2D eigenvalue weighted by atomic mass is 79.9. The lowest BCUT2D eigenvalue weighted by molar-refractivity contribution is -0.253. The number of nitrogens with zero attached hydrogens (tertiary/aromatic N) is 1. The fraction of sp³-hybridized carbons (Fsp3) is 0.125. The van der Waals surface area contributed by atoms with E-state index < -0.39 is 24.2 Å². The number of alkyl halides is 4. The van der Waals surface area contributed by atoms with E-state index in [4.69, 9.17) is 0 Å². The quantitative estimate of drug-likeness (QED) is 0.428. The summed E-state index contributed by atoms with van der Waals surface area (Å²) in [7, 11) is 0. The summed E-state index contributed by atoms with van der Waals surface area (Å²) in [6.07, 6.45) is -7.25. The van der Waals surface area contributed by atoms with Crippen LogP contribution in [0.25, 0.3) is 0 Å². The lowest BCUT2D eigenvalue weighted by atomic mass is 10.2. The van der Waals surface area contributed by atoms with E-state index >= 15 is 0 Å². The molecule has 0 aliphatic heterocycles. The Hall–Kier alpha value is -2.42. The van der Waals surface area contributed by atoms with Gasteiger partial charge in [0.1, 0.15) is 5.75 Å². The average Bonchev–Trinajstić information content (AvgIpc) is 2.54. The van der Waals surface area contributed by atoms with Crippen LogP contribution in [0.5, 0.6) is 5.75 Å². The SMILES string of the molecule is O=C(N/N=C\c1cccc(Br)c1)c1cccc(OC(F)(F)C(F)F)c1. The largest absolute Gasteiger partial charge is 0.461 e. The van der Waals surface area contributed by atoms with Crippen LogP contribution in [0, 0.1) is 0 Å². The molecule has 0 bridgehead atoms. The van der Waals surface area contributed by atoms with Gasteiger partial charge in [0.05, 0.1) is 6.21 Å². The van der Waals surface area contributed by atoms with E-state index in [1.165, 1.54) is 18.3 Å². The first kappa shape index (κ1) is 18.9. The topological polar surface area (TPSA) is 50.7 Å². The molecule has 9 heteroatoms. The van der Waals surface area contributed by atoms with Crippen LogP contribution < -0.4 is 10.2 Å². The molecule has 2 rings (SSSR count). The minimum Gasteiger partial charge on any atom is -0.428 e. The fourth-order valence-electron chi connectivity index (χ4n) is 1.72. The van der Waals surface area contributed by atoms with Crippen LogP contribution in [0.1, 0.15) is 15.9 Å². The monoisotopic (exact) mass is 418 g/mol. The van der Waals surface area contributed by atoms with E-state index in [9.17, 15) is 22.4 Å². The van der Waals surface area contributed by atoms with E-state index in [1.807, 2.05) is 6.07 Å². The molecule has 0 spiro atoms. The Kier molecular flexibility index (Phi) is 6.13. The second-order valence-corrected chi connectivity index (χ2v) is 5.66. The first-order valence-corrected chi connectivity index (χ1v) is 7.61. The van der Waals surface area contributed by atoms with Gasteiger partial charge in [-0.1, -0.05) is 34.1 Å². The lowest BCUT2D eigenvalue weighted by Gasteiger charge is -2.16. The summed E-state index contributed by atoms with van der Waals surface area (Å²) in [5.41, 5.74) is 2.84. The second kappa shape index (κ2) is 8.11. The third-order valence-electron chi connectivity index (χ3n) is 2.83. The van der Waals surface area contributed by atoms with Gasteiger partial charge in [-0.2, -0.15) is 22.7 Å². The maximum atomic E-state index is 12.9. The van der Waals surface area contributed by atoms with E-state index in [2.05, 4.69) is 31.2 Å². The molecule has 2 aromatic carbocycles. The molecule has 0 aromatic heterocycles. The van der Waals surface area contributed by atoms with Gasteiger partial charge < -0.3 is 4.74 Å². The van der Waals surface area contributed by atoms with E-state index in [0.717, 1.165) is 16.6 Å². The molecule has 0 unspecified atom stereocenters. The Labute approximate surface area is 148 Å². The summed E-state index contributed by atoms with van der Waals surface area (Å²) < 4.78 is 54.8. The molecule has 0 aliphatic rings. The molecule has 0 aliphatic carbocycles. The molecule has 25 heavy (non-hydrogen) atoms. The van der Waals surface area contributed by atoms with Crippen molar-refractivity contribution in [2.75, 3.05) is 0 Å². The van der Waals surface area contributed by atoms with Crippen molar-refractivity contribution in [3.05, 3.63) is 64.1 Å². The van der Waals surface area contributed by atoms with Crippen LogP contribution in [0.4, 0.5) is 17.6 Å². The molecule has 1 N–H and O–H groups in total. The molecule has 1 amide bonds. The van der Waals surface area contributed by atoms with Gasteiger partial charge in [-0.3, -0.25) is 4.79 Å². The Bertz CT molecular complexity index is 784. The second-order valence-electron chi connectivity index (χ2n) is 4.75. The predicted molar refractivity (Wildman–Crippen MR) is 87.2 cm³/mol. The number of amides is 1. The molecule has 0 radical (unpaired) electrons. The average molecular weight is 419 g/mol. The molecule has 0 atom stereocenters. The molecular weight excluding hydrogens is 408 g/mol. The number of rotatable bonds is 6. The van der Waals surface area contributed by atoms with Gasteiger partial charge in [0.25, 0.3) is 5.91 Å². The maximum absolute atomic E-state index is 12.9. The van der Waals surface area contributed by atoms with Crippen molar-refractivity contribution in [1.29, 1.82) is 0 Å². The Morgan fingerprint density at radius 2 is 1.92 bits per heavy atom. The number of carbonyl (C=O) groups excluding carboxylic acids is 1. The molecule has 2 aromatic rings. The summed E-state index contributed by atoms with van der Waals surface area (Å²) in [6, 6.07) is 11.6. The van der Waals surface area contributed by atoms with Crippen LogP contribution in [0.2, 0.25) is 0 Å². The molecule has 132 valence electrons. The van der Waals surface area contributed by atoms with E-state index in [0.29, 0.717) is 5.56 Å².